The molecule has 5 heteroatoms. The fourth-order valence-corrected chi connectivity index (χ4v) is 5.17. The zero-order chi connectivity index (χ0) is 19.9. The molecule has 0 radical (unpaired) electrons. The normalized spacial score (nSPS) is 29.7. The van der Waals surface area contributed by atoms with Crippen LogP contribution in [0.2, 0.25) is 0 Å². The Kier molecular flexibility index (Phi) is 4.96. The van der Waals surface area contributed by atoms with Crippen molar-refractivity contribution in [3.8, 4) is 0 Å². The molecule has 0 saturated carbocycles. The number of nitrogens with one attached hydrogen (secondary N) is 2. The van der Waals surface area contributed by atoms with Crippen LogP contribution in [0.25, 0.3) is 10.9 Å². The highest BCUT2D eigenvalue weighted by atomic mass is 16.5. The molecule has 2 aliphatic rings. The molecule has 5 nitrogen and oxygen atoms in total. The topological polar surface area (TPSA) is 63.4 Å². The summed E-state index contributed by atoms with van der Waals surface area (Å²) >= 11 is 0. The van der Waals surface area contributed by atoms with E-state index in [0.29, 0.717) is 5.57 Å². The Morgan fingerprint density at radius 3 is 2.89 bits per heavy atom. The molecule has 150 valence electrons. The SMILES string of the molecule is CCCc1c(C2CC3(C)C(C(=O)OC)=CO[C@H](C)[C@H]3CN2)[nH]c2ccccc12. The van der Waals surface area contributed by atoms with Gasteiger partial charge in [-0.3, -0.25) is 0 Å². The van der Waals surface area contributed by atoms with Crippen LogP contribution in [0.1, 0.15) is 50.9 Å². The van der Waals surface area contributed by atoms with Crippen molar-refractivity contribution >= 4 is 16.9 Å². The maximum Gasteiger partial charge on any atom is 0.337 e. The molecule has 0 spiro atoms. The van der Waals surface area contributed by atoms with Crippen molar-refractivity contribution in [2.24, 2.45) is 11.3 Å². The fraction of sp³-hybridized carbons (Fsp3) is 0.522. The summed E-state index contributed by atoms with van der Waals surface area (Å²) in [6, 6.07) is 8.67. The van der Waals surface area contributed by atoms with Crippen LogP contribution in [0, 0.1) is 11.3 Å². The summed E-state index contributed by atoms with van der Waals surface area (Å²) in [5, 5.41) is 5.04. The number of H-pyrrole nitrogens is 1. The van der Waals surface area contributed by atoms with Gasteiger partial charge in [-0.1, -0.05) is 38.5 Å². The van der Waals surface area contributed by atoms with Crippen molar-refractivity contribution in [3.63, 3.8) is 0 Å². The van der Waals surface area contributed by atoms with Crippen molar-refractivity contribution in [2.45, 2.75) is 52.2 Å². The van der Waals surface area contributed by atoms with Crippen LogP contribution in [0.4, 0.5) is 0 Å². The molecule has 2 unspecified atom stereocenters. The van der Waals surface area contributed by atoms with Gasteiger partial charge in [0.1, 0.15) is 0 Å². The quantitative estimate of drug-likeness (QED) is 0.776. The van der Waals surface area contributed by atoms with E-state index in [4.69, 9.17) is 9.47 Å². The van der Waals surface area contributed by atoms with Crippen LogP contribution >= 0.6 is 0 Å². The second kappa shape index (κ2) is 7.28. The Morgan fingerprint density at radius 1 is 1.36 bits per heavy atom. The smallest absolute Gasteiger partial charge is 0.337 e. The molecule has 0 bridgehead atoms. The molecule has 2 aromatic rings. The molecule has 4 rings (SSSR count). The number of aromatic amines is 1. The Labute approximate surface area is 166 Å². The number of hydrogen-bond donors (Lipinski definition) is 2. The minimum atomic E-state index is -0.290. The van der Waals surface area contributed by atoms with Gasteiger partial charge >= 0.3 is 5.97 Å². The van der Waals surface area contributed by atoms with Crippen molar-refractivity contribution in [3.05, 3.63) is 47.4 Å². The van der Waals surface area contributed by atoms with Crippen LogP contribution in [0.5, 0.6) is 0 Å². The van der Waals surface area contributed by atoms with E-state index < -0.39 is 0 Å². The molecule has 4 atom stereocenters. The average Bonchev–Trinajstić information content (AvgIpc) is 3.06. The lowest BCUT2D eigenvalue weighted by Gasteiger charge is -2.50. The molecule has 1 aromatic heterocycles. The Bertz CT molecular complexity index is 916. The third-order valence-corrected chi connectivity index (χ3v) is 6.71. The second-order valence-corrected chi connectivity index (χ2v) is 8.37. The van der Waals surface area contributed by atoms with E-state index in [1.54, 1.807) is 6.26 Å². The molecule has 1 fully saturated rings. The minimum Gasteiger partial charge on any atom is -0.497 e. The number of carbonyl (C=O) groups is 1. The van der Waals surface area contributed by atoms with E-state index in [0.717, 1.165) is 25.8 Å². The lowest BCUT2D eigenvalue weighted by molar-refractivity contribution is -0.140. The van der Waals surface area contributed by atoms with E-state index in [1.807, 2.05) is 0 Å². The highest BCUT2D eigenvalue weighted by Crippen LogP contribution is 2.51. The number of methoxy groups -OCH3 is 1. The second-order valence-electron chi connectivity index (χ2n) is 8.37. The molecule has 1 aromatic carbocycles. The number of rotatable bonds is 4. The number of fused-ring (bicyclic) bond motifs is 2. The third kappa shape index (κ3) is 2.93. The van der Waals surface area contributed by atoms with Crippen molar-refractivity contribution in [2.75, 3.05) is 13.7 Å². The van der Waals surface area contributed by atoms with Crippen molar-refractivity contribution in [1.82, 2.24) is 10.3 Å². The van der Waals surface area contributed by atoms with Crippen molar-refractivity contribution in [1.29, 1.82) is 0 Å². The highest BCUT2D eigenvalue weighted by Gasteiger charge is 2.51. The van der Waals surface area contributed by atoms with Gasteiger partial charge in [0, 0.05) is 40.5 Å². The number of carbonyl (C=O) groups excluding carboxylic acids is 1. The first-order valence-corrected chi connectivity index (χ1v) is 10.3. The van der Waals surface area contributed by atoms with E-state index in [2.05, 4.69) is 55.3 Å². The van der Waals surface area contributed by atoms with E-state index >= 15 is 0 Å². The van der Waals surface area contributed by atoms with Gasteiger partial charge in [0.15, 0.2) is 0 Å². The number of aryl methyl sites for hydroxylation is 1. The molecule has 28 heavy (non-hydrogen) atoms. The van der Waals surface area contributed by atoms with Crippen LogP contribution < -0.4 is 5.32 Å². The van der Waals surface area contributed by atoms with E-state index in [9.17, 15) is 4.79 Å². The molecule has 3 heterocycles. The van der Waals surface area contributed by atoms with Gasteiger partial charge in [0.25, 0.3) is 0 Å². The number of piperidine rings is 1. The molecule has 0 amide bonds. The van der Waals surface area contributed by atoms with E-state index in [1.165, 1.54) is 29.3 Å². The monoisotopic (exact) mass is 382 g/mol. The van der Waals surface area contributed by atoms with Crippen molar-refractivity contribution < 1.29 is 14.3 Å². The zero-order valence-electron chi connectivity index (χ0n) is 17.2. The zero-order valence-corrected chi connectivity index (χ0v) is 17.2. The Morgan fingerprint density at radius 2 is 2.14 bits per heavy atom. The highest BCUT2D eigenvalue weighted by molar-refractivity contribution is 5.90. The summed E-state index contributed by atoms with van der Waals surface area (Å²) < 4.78 is 10.9. The first-order valence-electron chi connectivity index (χ1n) is 10.3. The predicted molar refractivity (Wildman–Crippen MR) is 110 cm³/mol. The maximum atomic E-state index is 12.5. The molecular weight excluding hydrogens is 352 g/mol. The molecular formula is C23H30N2O3. The lowest BCUT2D eigenvalue weighted by atomic mass is 9.62. The molecule has 0 aliphatic carbocycles. The Hall–Kier alpha value is -2.27. The number of hydrogen-bond acceptors (Lipinski definition) is 4. The maximum absolute atomic E-state index is 12.5. The number of ether oxygens (including phenoxy) is 2. The standard InChI is InChI=1S/C23H30N2O3/c1-5-8-16-15-9-6-7-10-19(15)25-21(16)20-11-23(3)17(12-24-20)14(2)28-13-18(23)22(26)27-4/h6-7,9-10,13-14,17,20,24-25H,5,8,11-12H2,1-4H3/t14-,17-,20?,23?/m1/s1. The number of aromatic nitrogens is 1. The largest absolute Gasteiger partial charge is 0.497 e. The number of para-hydroxylation sites is 1. The molecule has 2 N–H and O–H groups in total. The van der Waals surface area contributed by atoms with Gasteiger partial charge in [-0.15, -0.1) is 0 Å². The molecule has 2 aliphatic heterocycles. The predicted octanol–water partition coefficient (Wildman–Crippen LogP) is 4.25. The molecule has 1 saturated heterocycles. The van der Waals surface area contributed by atoms with Crippen LogP contribution in [-0.4, -0.2) is 30.7 Å². The van der Waals surface area contributed by atoms with Crippen LogP contribution in [-0.2, 0) is 20.7 Å². The summed E-state index contributed by atoms with van der Waals surface area (Å²) in [6.45, 7) is 7.30. The van der Waals surface area contributed by atoms with Gasteiger partial charge in [-0.25, -0.2) is 4.79 Å². The van der Waals surface area contributed by atoms with Crippen LogP contribution in [0.15, 0.2) is 36.1 Å². The third-order valence-electron chi connectivity index (χ3n) is 6.71. The van der Waals surface area contributed by atoms with Gasteiger partial charge in [-0.2, -0.15) is 0 Å². The fourth-order valence-electron chi connectivity index (χ4n) is 5.17. The lowest BCUT2D eigenvalue weighted by Crippen LogP contribution is -2.53. The van der Waals surface area contributed by atoms with Gasteiger partial charge in [0.05, 0.1) is 25.0 Å². The number of esters is 1. The van der Waals surface area contributed by atoms with Gasteiger partial charge in [0.2, 0.25) is 0 Å². The summed E-state index contributed by atoms with van der Waals surface area (Å²) in [5.74, 6) is -0.0627. The Balaban J connectivity index is 1.75. The van der Waals surface area contributed by atoms with E-state index in [-0.39, 0.29) is 29.4 Å². The summed E-state index contributed by atoms with van der Waals surface area (Å²) in [5.41, 5.74) is 4.19. The summed E-state index contributed by atoms with van der Waals surface area (Å²) in [6.07, 6.45) is 4.66. The first kappa shape index (κ1) is 19.1. The summed E-state index contributed by atoms with van der Waals surface area (Å²) in [7, 11) is 1.44. The first-order chi connectivity index (χ1) is 13.5. The average molecular weight is 383 g/mol. The summed E-state index contributed by atoms with van der Waals surface area (Å²) in [4.78, 5) is 16.2. The minimum absolute atomic E-state index is 0.0599. The van der Waals surface area contributed by atoms with Gasteiger partial charge in [-0.05, 0) is 31.4 Å². The van der Waals surface area contributed by atoms with Crippen LogP contribution in [0.3, 0.4) is 0 Å². The number of benzene rings is 1. The van der Waals surface area contributed by atoms with Gasteiger partial charge < -0.3 is 19.8 Å².